The lowest BCUT2D eigenvalue weighted by atomic mass is 9.80. The van der Waals surface area contributed by atoms with Gasteiger partial charge in [0.05, 0.1) is 0 Å². The first kappa shape index (κ1) is 12.4. The zero-order valence-corrected chi connectivity index (χ0v) is 9.56. The van der Waals surface area contributed by atoms with Crippen molar-refractivity contribution in [3.8, 4) is 0 Å². The van der Waals surface area contributed by atoms with Crippen molar-refractivity contribution < 1.29 is 15.3 Å². The first-order valence-electron chi connectivity index (χ1n) is 5.46. The van der Waals surface area contributed by atoms with Crippen LogP contribution in [0.1, 0.15) is 11.1 Å². The van der Waals surface area contributed by atoms with Crippen molar-refractivity contribution in [3.05, 3.63) is 65.7 Å². The van der Waals surface area contributed by atoms with Crippen LogP contribution in [0.4, 0.5) is 0 Å². The van der Waals surface area contributed by atoms with E-state index in [0.29, 0.717) is 16.7 Å². The van der Waals surface area contributed by atoms with Gasteiger partial charge in [-0.15, -0.1) is 0 Å². The molecule has 0 heterocycles. The SMILES string of the molecule is O/N=C(\c1ccccc1)c1ccc(B(O)O)cc1. The maximum absolute atomic E-state index is 9.10. The molecule has 0 aromatic heterocycles. The van der Waals surface area contributed by atoms with E-state index in [0.717, 1.165) is 5.56 Å². The molecule has 0 saturated carbocycles. The largest absolute Gasteiger partial charge is 0.488 e. The average molecular weight is 241 g/mol. The van der Waals surface area contributed by atoms with Gasteiger partial charge in [-0.2, -0.15) is 0 Å². The summed E-state index contributed by atoms with van der Waals surface area (Å²) in [5.41, 5.74) is 2.32. The van der Waals surface area contributed by atoms with Crippen molar-refractivity contribution in [1.82, 2.24) is 0 Å². The third-order valence-corrected chi connectivity index (χ3v) is 2.63. The fraction of sp³-hybridized carbons (Fsp3) is 0. The lowest BCUT2D eigenvalue weighted by Gasteiger charge is -2.06. The van der Waals surface area contributed by atoms with Crippen molar-refractivity contribution in [1.29, 1.82) is 0 Å². The van der Waals surface area contributed by atoms with Gasteiger partial charge in [-0.25, -0.2) is 0 Å². The molecule has 0 saturated heterocycles. The van der Waals surface area contributed by atoms with Gasteiger partial charge >= 0.3 is 7.12 Å². The first-order chi connectivity index (χ1) is 8.72. The van der Waals surface area contributed by atoms with Gasteiger partial charge in [0, 0.05) is 11.1 Å². The monoisotopic (exact) mass is 241 g/mol. The summed E-state index contributed by atoms with van der Waals surface area (Å²) >= 11 is 0. The van der Waals surface area contributed by atoms with E-state index in [9.17, 15) is 0 Å². The zero-order valence-electron chi connectivity index (χ0n) is 9.56. The normalized spacial score (nSPS) is 11.3. The molecule has 0 aliphatic carbocycles. The van der Waals surface area contributed by atoms with Crippen LogP contribution in [0.5, 0.6) is 0 Å². The summed E-state index contributed by atoms with van der Waals surface area (Å²) in [6.07, 6.45) is 0. The van der Waals surface area contributed by atoms with Crippen LogP contribution in [0, 0.1) is 0 Å². The zero-order chi connectivity index (χ0) is 13.0. The quantitative estimate of drug-likeness (QED) is 0.319. The molecule has 0 radical (unpaired) electrons. The molecule has 90 valence electrons. The standard InChI is InChI=1S/C13H12BNO3/c16-14(17)12-8-6-11(7-9-12)13(15-18)10-4-2-1-3-5-10/h1-9,16-18H/b15-13+. The third kappa shape index (κ3) is 2.59. The molecule has 18 heavy (non-hydrogen) atoms. The maximum atomic E-state index is 9.10. The first-order valence-corrected chi connectivity index (χ1v) is 5.46. The molecular weight excluding hydrogens is 229 g/mol. The number of hydrogen-bond acceptors (Lipinski definition) is 4. The predicted octanol–water partition coefficient (Wildman–Crippen LogP) is 0.593. The molecular formula is C13H12BNO3. The van der Waals surface area contributed by atoms with Crippen LogP contribution in [0.15, 0.2) is 59.8 Å². The topological polar surface area (TPSA) is 73.1 Å². The second kappa shape index (κ2) is 5.49. The van der Waals surface area contributed by atoms with E-state index in [4.69, 9.17) is 15.3 Å². The molecule has 2 rings (SSSR count). The number of hydrogen-bond donors (Lipinski definition) is 3. The van der Waals surface area contributed by atoms with Crippen LogP contribution in [-0.2, 0) is 0 Å². The van der Waals surface area contributed by atoms with Crippen LogP contribution < -0.4 is 5.46 Å². The van der Waals surface area contributed by atoms with Crippen LogP contribution in [0.2, 0.25) is 0 Å². The second-order valence-electron chi connectivity index (χ2n) is 3.81. The van der Waals surface area contributed by atoms with Crippen LogP contribution in [-0.4, -0.2) is 28.1 Å². The molecule has 0 unspecified atom stereocenters. The minimum absolute atomic E-state index is 0.393. The minimum Gasteiger partial charge on any atom is -0.423 e. The van der Waals surface area contributed by atoms with Gasteiger partial charge in [0.25, 0.3) is 0 Å². The summed E-state index contributed by atoms with van der Waals surface area (Å²) in [5.74, 6) is 0. The van der Waals surface area contributed by atoms with E-state index in [1.54, 1.807) is 24.3 Å². The summed E-state index contributed by atoms with van der Waals surface area (Å²) in [5, 5.41) is 30.4. The lowest BCUT2D eigenvalue weighted by Crippen LogP contribution is -2.29. The molecule has 4 nitrogen and oxygen atoms in total. The van der Waals surface area contributed by atoms with Crippen LogP contribution in [0.25, 0.3) is 0 Å². The molecule has 5 heteroatoms. The average Bonchev–Trinajstić information content (AvgIpc) is 2.41. The summed E-state index contributed by atoms with van der Waals surface area (Å²) < 4.78 is 0. The van der Waals surface area contributed by atoms with Crippen LogP contribution in [0.3, 0.4) is 0 Å². The Morgan fingerprint density at radius 2 is 1.39 bits per heavy atom. The van der Waals surface area contributed by atoms with E-state index in [-0.39, 0.29) is 0 Å². The fourth-order valence-corrected chi connectivity index (χ4v) is 1.69. The van der Waals surface area contributed by atoms with Crippen molar-refractivity contribution in [2.75, 3.05) is 0 Å². The van der Waals surface area contributed by atoms with Gasteiger partial charge < -0.3 is 15.3 Å². The Morgan fingerprint density at radius 1 is 0.833 bits per heavy atom. The summed E-state index contributed by atoms with van der Waals surface area (Å²) in [4.78, 5) is 0. The van der Waals surface area contributed by atoms with Gasteiger partial charge in [0.1, 0.15) is 5.71 Å². The fourth-order valence-electron chi connectivity index (χ4n) is 1.69. The third-order valence-electron chi connectivity index (χ3n) is 2.63. The molecule has 2 aromatic rings. The Balaban J connectivity index is 2.35. The van der Waals surface area contributed by atoms with Crippen molar-refractivity contribution in [3.63, 3.8) is 0 Å². The summed E-state index contributed by atoms with van der Waals surface area (Å²) in [7, 11) is -1.50. The molecule has 0 aliphatic heterocycles. The highest BCUT2D eigenvalue weighted by Crippen LogP contribution is 2.09. The van der Waals surface area contributed by atoms with Gasteiger partial charge in [-0.3, -0.25) is 0 Å². The summed E-state index contributed by atoms with van der Waals surface area (Å²) in [6.45, 7) is 0. The van der Waals surface area contributed by atoms with Gasteiger partial charge in [0.2, 0.25) is 0 Å². The Bertz CT molecular complexity index is 538. The molecule has 0 atom stereocenters. The van der Waals surface area contributed by atoms with Crippen LogP contribution >= 0.6 is 0 Å². The highest BCUT2D eigenvalue weighted by Gasteiger charge is 2.12. The van der Waals surface area contributed by atoms with Crippen molar-refractivity contribution >= 4 is 18.3 Å². The number of rotatable bonds is 3. The smallest absolute Gasteiger partial charge is 0.423 e. The van der Waals surface area contributed by atoms with Crippen molar-refractivity contribution in [2.45, 2.75) is 0 Å². The predicted molar refractivity (Wildman–Crippen MR) is 70.1 cm³/mol. The Hall–Kier alpha value is -2.11. The highest BCUT2D eigenvalue weighted by molar-refractivity contribution is 6.58. The molecule has 2 aromatic carbocycles. The van der Waals surface area contributed by atoms with Crippen molar-refractivity contribution in [2.24, 2.45) is 5.16 Å². The molecule has 0 bridgehead atoms. The van der Waals surface area contributed by atoms with E-state index < -0.39 is 7.12 Å². The Kier molecular flexibility index (Phi) is 3.77. The van der Waals surface area contributed by atoms with E-state index in [2.05, 4.69) is 5.16 Å². The van der Waals surface area contributed by atoms with E-state index >= 15 is 0 Å². The summed E-state index contributed by atoms with van der Waals surface area (Å²) in [6, 6.07) is 15.8. The van der Waals surface area contributed by atoms with Gasteiger partial charge in [-0.1, -0.05) is 59.8 Å². The molecule has 0 fully saturated rings. The number of oxime groups is 1. The Labute approximate surface area is 105 Å². The second-order valence-corrected chi connectivity index (χ2v) is 3.81. The van der Waals surface area contributed by atoms with E-state index in [1.807, 2.05) is 30.3 Å². The lowest BCUT2D eigenvalue weighted by molar-refractivity contribution is 0.319. The molecule has 0 spiro atoms. The minimum atomic E-state index is -1.50. The maximum Gasteiger partial charge on any atom is 0.488 e. The number of nitrogens with zero attached hydrogens (tertiary/aromatic N) is 1. The molecule has 3 N–H and O–H groups in total. The Morgan fingerprint density at radius 3 is 1.89 bits per heavy atom. The highest BCUT2D eigenvalue weighted by atomic mass is 16.4. The molecule has 0 aliphatic rings. The number of benzene rings is 2. The van der Waals surface area contributed by atoms with E-state index in [1.165, 1.54) is 0 Å². The van der Waals surface area contributed by atoms with Gasteiger partial charge in [0.15, 0.2) is 0 Å². The molecule has 0 amide bonds. The van der Waals surface area contributed by atoms with Gasteiger partial charge in [-0.05, 0) is 5.46 Å².